The SMILES string of the molecule is [Au].[CH2-]c1cc(C(C)C(=O)O)ccc1O.[CH2-]c1cc(C(C)C(=O)O)ccc1O. The van der Waals surface area contributed by atoms with Crippen molar-refractivity contribution in [1.29, 1.82) is 0 Å². The zero-order valence-corrected chi connectivity index (χ0v) is 17.1. The maximum absolute atomic E-state index is 10.6. The van der Waals surface area contributed by atoms with Crippen LogP contribution in [-0.2, 0) is 32.0 Å². The van der Waals surface area contributed by atoms with Gasteiger partial charge in [0, 0.05) is 33.9 Å². The Balaban J connectivity index is 0.000000483. The molecule has 2 atom stereocenters. The van der Waals surface area contributed by atoms with Crippen LogP contribution in [0.1, 0.15) is 47.9 Å². The van der Waals surface area contributed by atoms with Gasteiger partial charge in [0.1, 0.15) is 0 Å². The van der Waals surface area contributed by atoms with E-state index in [1.807, 2.05) is 0 Å². The molecule has 2 rings (SSSR count). The third kappa shape index (κ3) is 6.94. The summed E-state index contributed by atoms with van der Waals surface area (Å²) in [6.07, 6.45) is 0. The maximum Gasteiger partial charge on any atom is 0.309 e. The number of aliphatic carboxylic acids is 2. The Morgan fingerprint density at radius 2 is 1.07 bits per heavy atom. The van der Waals surface area contributed by atoms with Gasteiger partial charge in [-0.3, -0.25) is 9.59 Å². The Morgan fingerprint density at radius 3 is 1.30 bits per heavy atom. The van der Waals surface area contributed by atoms with Crippen molar-refractivity contribution in [2.24, 2.45) is 0 Å². The molecule has 0 heterocycles. The first kappa shape index (κ1) is 24.5. The van der Waals surface area contributed by atoms with Gasteiger partial charge in [0.25, 0.3) is 0 Å². The van der Waals surface area contributed by atoms with Crippen LogP contribution in [0.25, 0.3) is 0 Å². The summed E-state index contributed by atoms with van der Waals surface area (Å²) in [5, 5.41) is 35.7. The molecule has 0 aliphatic rings. The predicted molar refractivity (Wildman–Crippen MR) is 97.2 cm³/mol. The molecule has 0 bridgehead atoms. The standard InChI is InChI=1S/2C10H11O3.Au/c2*1-6-5-8(3-4-9(6)11)7(2)10(12)13;/h2*3-5,7,11H,1H2,2H3,(H,12,13);/q2*-1;. The van der Waals surface area contributed by atoms with Crippen LogP contribution in [0.4, 0.5) is 0 Å². The molecule has 6 nitrogen and oxygen atoms in total. The van der Waals surface area contributed by atoms with Crippen molar-refractivity contribution in [3.05, 3.63) is 72.5 Å². The van der Waals surface area contributed by atoms with Gasteiger partial charge in [0.2, 0.25) is 0 Å². The monoisotopic (exact) mass is 555 g/mol. The van der Waals surface area contributed by atoms with Gasteiger partial charge in [-0.05, 0) is 13.8 Å². The molecule has 0 fully saturated rings. The fraction of sp³-hybridized carbons (Fsp3) is 0.200. The minimum Gasteiger partial charge on any atom is -0.565 e. The third-order valence-electron chi connectivity index (χ3n) is 3.95. The van der Waals surface area contributed by atoms with Gasteiger partial charge >= 0.3 is 11.9 Å². The molecular weight excluding hydrogens is 533 g/mol. The summed E-state index contributed by atoms with van der Waals surface area (Å²) in [5.74, 6) is -2.74. The molecule has 0 amide bonds. The van der Waals surface area contributed by atoms with E-state index in [4.69, 9.17) is 20.4 Å². The first-order valence-corrected chi connectivity index (χ1v) is 7.80. The summed E-state index contributed by atoms with van der Waals surface area (Å²) in [4.78, 5) is 21.2. The summed E-state index contributed by atoms with van der Waals surface area (Å²) in [6, 6.07) is 9.24. The number of phenolic OH excluding ortho intramolecular Hbond substituents is 2. The number of rotatable bonds is 4. The first-order valence-electron chi connectivity index (χ1n) is 7.80. The van der Waals surface area contributed by atoms with Crippen LogP contribution >= 0.6 is 0 Å². The number of carboxylic acids is 2. The van der Waals surface area contributed by atoms with E-state index < -0.39 is 23.8 Å². The van der Waals surface area contributed by atoms with E-state index >= 15 is 0 Å². The molecule has 2 aromatic carbocycles. The molecule has 4 N–H and O–H groups in total. The third-order valence-corrected chi connectivity index (χ3v) is 3.95. The first-order chi connectivity index (χ1) is 12.0. The van der Waals surface area contributed by atoms with Gasteiger partial charge < -0.3 is 20.4 Å². The number of phenols is 2. The van der Waals surface area contributed by atoms with Crippen molar-refractivity contribution >= 4 is 11.9 Å². The summed E-state index contributed by atoms with van der Waals surface area (Å²) in [6.45, 7) is 10.3. The summed E-state index contributed by atoms with van der Waals surface area (Å²) >= 11 is 0. The normalized spacial score (nSPS) is 11.9. The van der Waals surface area contributed by atoms with Crippen molar-refractivity contribution in [3.63, 3.8) is 0 Å². The fourth-order valence-electron chi connectivity index (χ4n) is 2.03. The molecule has 0 aliphatic carbocycles. The van der Waals surface area contributed by atoms with Crippen LogP contribution in [0.2, 0.25) is 0 Å². The molecule has 151 valence electrons. The van der Waals surface area contributed by atoms with Gasteiger partial charge in [-0.15, -0.1) is 0 Å². The van der Waals surface area contributed by atoms with Gasteiger partial charge in [0.15, 0.2) is 0 Å². The molecule has 0 spiro atoms. The predicted octanol–water partition coefficient (Wildman–Crippen LogP) is 3.52. The van der Waals surface area contributed by atoms with E-state index in [0.29, 0.717) is 22.3 Å². The molecule has 2 unspecified atom stereocenters. The van der Waals surface area contributed by atoms with Crippen molar-refractivity contribution in [2.45, 2.75) is 25.7 Å². The maximum atomic E-state index is 10.6. The van der Waals surface area contributed by atoms with Gasteiger partial charge in [-0.25, -0.2) is 0 Å². The van der Waals surface area contributed by atoms with Crippen molar-refractivity contribution in [3.8, 4) is 11.5 Å². The van der Waals surface area contributed by atoms with Crippen LogP contribution < -0.4 is 0 Å². The molecule has 7 heteroatoms. The molecule has 1 radical (unpaired) electrons. The number of aromatic hydroxyl groups is 2. The molecule has 0 saturated carbocycles. The average molecular weight is 555 g/mol. The topological polar surface area (TPSA) is 115 Å². The summed E-state index contributed by atoms with van der Waals surface area (Å²) in [5.41, 5.74) is 2.20. The van der Waals surface area contributed by atoms with E-state index in [2.05, 4.69) is 13.8 Å². The number of carboxylic acid groups (broad SMARTS) is 2. The number of carbonyl (C=O) groups is 2. The number of hydrogen-bond acceptors (Lipinski definition) is 4. The summed E-state index contributed by atoms with van der Waals surface area (Å²) < 4.78 is 0. The zero-order valence-electron chi connectivity index (χ0n) is 14.9. The van der Waals surface area contributed by atoms with Gasteiger partial charge in [-0.1, -0.05) is 35.4 Å². The molecule has 0 aromatic heterocycles. The fourth-order valence-corrected chi connectivity index (χ4v) is 2.03. The minimum absolute atomic E-state index is 0. The Morgan fingerprint density at radius 1 is 0.778 bits per heavy atom. The van der Waals surface area contributed by atoms with E-state index in [0.717, 1.165) is 0 Å². The minimum atomic E-state index is -0.884. The average Bonchev–Trinajstić information content (AvgIpc) is 2.58. The Labute approximate surface area is 174 Å². The second-order valence-electron chi connectivity index (χ2n) is 5.90. The molecule has 27 heavy (non-hydrogen) atoms. The largest absolute Gasteiger partial charge is 0.565 e. The molecule has 2 aromatic rings. The van der Waals surface area contributed by atoms with Crippen LogP contribution in [0, 0.1) is 13.8 Å². The van der Waals surface area contributed by atoms with Crippen molar-refractivity contribution in [1.82, 2.24) is 0 Å². The number of hydrogen-bond donors (Lipinski definition) is 4. The van der Waals surface area contributed by atoms with Crippen LogP contribution in [0.3, 0.4) is 0 Å². The van der Waals surface area contributed by atoms with Gasteiger partial charge in [-0.2, -0.15) is 37.1 Å². The van der Waals surface area contributed by atoms with E-state index in [-0.39, 0.29) is 33.9 Å². The van der Waals surface area contributed by atoms with Crippen molar-refractivity contribution < 1.29 is 52.4 Å². The Kier molecular flexibility index (Phi) is 9.58. The quantitative estimate of drug-likeness (QED) is 0.339. The molecular formula is C20H22AuO6-2. The van der Waals surface area contributed by atoms with Crippen LogP contribution in [0.15, 0.2) is 36.4 Å². The smallest absolute Gasteiger partial charge is 0.309 e. The summed E-state index contributed by atoms with van der Waals surface area (Å²) in [7, 11) is 0. The molecule has 0 saturated heterocycles. The van der Waals surface area contributed by atoms with E-state index in [1.165, 1.54) is 12.1 Å². The van der Waals surface area contributed by atoms with Crippen LogP contribution in [0.5, 0.6) is 11.5 Å². The van der Waals surface area contributed by atoms with E-state index in [9.17, 15) is 9.59 Å². The van der Waals surface area contributed by atoms with Crippen molar-refractivity contribution in [2.75, 3.05) is 0 Å². The number of benzene rings is 2. The van der Waals surface area contributed by atoms with E-state index in [1.54, 1.807) is 38.1 Å². The van der Waals surface area contributed by atoms with Gasteiger partial charge in [0.05, 0.1) is 11.8 Å². The Hall–Kier alpha value is -2.54. The second-order valence-corrected chi connectivity index (χ2v) is 5.90. The molecule has 0 aliphatic heterocycles. The Bertz CT molecular complexity index is 736. The second kappa shape index (κ2) is 10.6. The zero-order chi connectivity index (χ0) is 20.0. The van der Waals surface area contributed by atoms with Crippen LogP contribution in [-0.4, -0.2) is 32.4 Å².